The van der Waals surface area contributed by atoms with Gasteiger partial charge in [-0.05, 0) is 54.7 Å². The number of carbonyl (C=O) groups excluding carboxylic acids is 1. The molecule has 2 aromatic carbocycles. The van der Waals surface area contributed by atoms with Gasteiger partial charge in [-0.15, -0.1) is 0 Å². The van der Waals surface area contributed by atoms with E-state index in [0.717, 1.165) is 34.3 Å². The lowest BCUT2D eigenvalue weighted by atomic mass is 9.95. The summed E-state index contributed by atoms with van der Waals surface area (Å²) in [5, 5.41) is 2.81. The van der Waals surface area contributed by atoms with E-state index in [4.69, 9.17) is 4.74 Å². The fraction of sp³-hybridized carbons (Fsp3) is 0.381. The molecule has 1 saturated heterocycles. The van der Waals surface area contributed by atoms with E-state index in [1.165, 1.54) is 0 Å². The second-order valence-electron chi connectivity index (χ2n) is 7.44. The number of hydrogen-bond donors (Lipinski definition) is 2. The summed E-state index contributed by atoms with van der Waals surface area (Å²) in [6.45, 7) is 4.48. The number of nitrogens with zero attached hydrogens (tertiary/aromatic N) is 1. The highest BCUT2D eigenvalue weighted by Crippen LogP contribution is 2.32. The van der Waals surface area contributed by atoms with E-state index in [-0.39, 0.29) is 12.6 Å². The zero-order valence-corrected chi connectivity index (χ0v) is 18.0. The van der Waals surface area contributed by atoms with Crippen molar-refractivity contribution in [1.29, 1.82) is 0 Å². The highest BCUT2D eigenvalue weighted by molar-refractivity contribution is 7.88. The van der Waals surface area contributed by atoms with Crippen LogP contribution in [0.25, 0.3) is 0 Å². The fourth-order valence-corrected chi connectivity index (χ4v) is 4.52. The molecule has 8 heteroatoms. The molecule has 1 heterocycles. The summed E-state index contributed by atoms with van der Waals surface area (Å²) in [6, 6.07) is 13.1. The number of benzene rings is 2. The molecule has 0 radical (unpaired) electrons. The van der Waals surface area contributed by atoms with Crippen molar-refractivity contribution >= 4 is 16.1 Å². The molecular weight excluding hydrogens is 390 g/mol. The minimum absolute atomic E-state index is 0.157. The zero-order chi connectivity index (χ0) is 21.2. The summed E-state index contributed by atoms with van der Waals surface area (Å²) in [5.74, 6) is 0.760. The Morgan fingerprint density at radius 1 is 1.14 bits per heavy atom. The van der Waals surface area contributed by atoms with E-state index in [1.54, 1.807) is 12.0 Å². The Morgan fingerprint density at radius 3 is 2.41 bits per heavy atom. The van der Waals surface area contributed by atoms with Gasteiger partial charge in [-0.3, -0.25) is 4.90 Å². The molecule has 29 heavy (non-hydrogen) atoms. The molecule has 1 atom stereocenters. The number of carbonyl (C=O) groups is 1. The summed E-state index contributed by atoms with van der Waals surface area (Å²) in [4.78, 5) is 14.3. The molecule has 0 aromatic heterocycles. The third-order valence-corrected chi connectivity index (χ3v) is 6.03. The average molecular weight is 418 g/mol. The molecule has 0 aliphatic carbocycles. The van der Waals surface area contributed by atoms with Crippen molar-refractivity contribution < 1.29 is 17.9 Å². The zero-order valence-electron chi connectivity index (χ0n) is 17.2. The van der Waals surface area contributed by atoms with Gasteiger partial charge in [-0.1, -0.05) is 30.3 Å². The predicted molar refractivity (Wildman–Crippen MR) is 112 cm³/mol. The topological polar surface area (TPSA) is 87.7 Å². The first-order valence-corrected chi connectivity index (χ1v) is 11.3. The van der Waals surface area contributed by atoms with Gasteiger partial charge in [0.1, 0.15) is 5.75 Å². The lowest BCUT2D eigenvalue weighted by Gasteiger charge is -2.38. The third-order valence-electron chi connectivity index (χ3n) is 5.32. The normalized spacial score (nSPS) is 19.3. The van der Waals surface area contributed by atoms with Gasteiger partial charge in [0.25, 0.3) is 0 Å². The lowest BCUT2D eigenvalue weighted by Crippen LogP contribution is -2.57. The smallest absolute Gasteiger partial charge is 0.319 e. The molecule has 1 aliphatic rings. The van der Waals surface area contributed by atoms with E-state index < -0.39 is 15.7 Å². The first kappa shape index (κ1) is 21.1. The highest BCUT2D eigenvalue weighted by Gasteiger charge is 2.48. The van der Waals surface area contributed by atoms with Crippen LogP contribution in [0.1, 0.15) is 22.3 Å². The number of nitrogens with one attached hydrogen (secondary N) is 2. The van der Waals surface area contributed by atoms with E-state index in [2.05, 4.69) is 10.0 Å². The van der Waals surface area contributed by atoms with Crippen LogP contribution in [0.5, 0.6) is 5.75 Å². The van der Waals surface area contributed by atoms with Crippen molar-refractivity contribution in [2.45, 2.75) is 25.9 Å². The molecule has 156 valence electrons. The van der Waals surface area contributed by atoms with Crippen LogP contribution < -0.4 is 14.8 Å². The highest BCUT2D eigenvalue weighted by atomic mass is 32.2. The molecule has 7 nitrogen and oxygen atoms in total. The van der Waals surface area contributed by atoms with Crippen molar-refractivity contribution in [3.63, 3.8) is 0 Å². The number of urea groups is 1. The molecule has 2 aromatic rings. The van der Waals surface area contributed by atoms with Gasteiger partial charge in [0, 0.05) is 6.54 Å². The molecule has 2 amide bonds. The third kappa shape index (κ3) is 4.54. The van der Waals surface area contributed by atoms with Gasteiger partial charge in [-0.2, -0.15) is 4.72 Å². The van der Waals surface area contributed by atoms with Gasteiger partial charge in [0.15, 0.2) is 5.66 Å². The molecule has 1 fully saturated rings. The predicted octanol–water partition coefficient (Wildman–Crippen LogP) is 2.28. The van der Waals surface area contributed by atoms with Crippen LogP contribution in [0.3, 0.4) is 0 Å². The number of rotatable bonds is 7. The van der Waals surface area contributed by atoms with Crippen molar-refractivity contribution in [3.8, 4) is 5.75 Å². The van der Waals surface area contributed by atoms with Crippen molar-refractivity contribution in [2.75, 3.05) is 26.5 Å². The molecule has 3 rings (SSSR count). The first-order chi connectivity index (χ1) is 13.6. The monoisotopic (exact) mass is 417 g/mol. The minimum Gasteiger partial charge on any atom is -0.497 e. The van der Waals surface area contributed by atoms with Gasteiger partial charge in [-0.25, -0.2) is 13.2 Å². The number of ether oxygens (including phenoxy) is 1. The maximum atomic E-state index is 12.7. The molecule has 2 N–H and O–H groups in total. The standard InChI is InChI=1S/C21H27N3O4S/c1-15-5-8-18(13-16(15)2)21(23-29(4,26)27)14-22-20(25)24(21)12-11-17-6-9-19(28-3)10-7-17/h5-10,13,23H,11-12,14H2,1-4H3,(H,22,25). The Hall–Kier alpha value is -2.58. The second-order valence-corrected chi connectivity index (χ2v) is 9.19. The second kappa shape index (κ2) is 8.04. The fourth-order valence-electron chi connectivity index (χ4n) is 3.61. The largest absolute Gasteiger partial charge is 0.497 e. The lowest BCUT2D eigenvalue weighted by molar-refractivity contribution is 0.147. The average Bonchev–Trinajstić information content (AvgIpc) is 2.97. The minimum atomic E-state index is -3.59. The van der Waals surface area contributed by atoms with Gasteiger partial charge in [0.2, 0.25) is 10.0 Å². The van der Waals surface area contributed by atoms with Crippen LogP contribution in [0, 0.1) is 13.8 Å². The van der Waals surface area contributed by atoms with Crippen molar-refractivity contribution in [2.24, 2.45) is 0 Å². The van der Waals surface area contributed by atoms with E-state index in [9.17, 15) is 13.2 Å². The number of methoxy groups -OCH3 is 1. The maximum absolute atomic E-state index is 12.7. The molecular formula is C21H27N3O4S. The van der Waals surface area contributed by atoms with Gasteiger partial charge in [0.05, 0.1) is 19.9 Å². The van der Waals surface area contributed by atoms with Crippen LogP contribution in [0.15, 0.2) is 42.5 Å². The van der Waals surface area contributed by atoms with Crippen molar-refractivity contribution in [1.82, 2.24) is 14.9 Å². The molecule has 0 spiro atoms. The Kier molecular flexibility index (Phi) is 5.86. The summed E-state index contributed by atoms with van der Waals surface area (Å²) >= 11 is 0. The first-order valence-electron chi connectivity index (χ1n) is 9.40. The van der Waals surface area contributed by atoms with Crippen LogP contribution in [0.2, 0.25) is 0 Å². The summed E-state index contributed by atoms with van der Waals surface area (Å²) in [6.07, 6.45) is 1.69. The van der Waals surface area contributed by atoms with Crippen LogP contribution >= 0.6 is 0 Å². The molecule has 0 saturated carbocycles. The Labute approximate surface area is 172 Å². The SMILES string of the molecule is COc1ccc(CCN2C(=O)NCC2(NS(C)(=O)=O)c2ccc(C)c(C)c2)cc1. The van der Waals surface area contributed by atoms with Crippen LogP contribution in [-0.4, -0.2) is 45.8 Å². The van der Waals surface area contributed by atoms with E-state index in [0.29, 0.717) is 13.0 Å². The summed E-state index contributed by atoms with van der Waals surface area (Å²) in [5.41, 5.74) is 2.73. The van der Waals surface area contributed by atoms with Gasteiger partial charge < -0.3 is 10.1 Å². The van der Waals surface area contributed by atoms with Crippen LogP contribution in [0.4, 0.5) is 4.79 Å². The summed E-state index contributed by atoms with van der Waals surface area (Å²) in [7, 11) is -1.98. The van der Waals surface area contributed by atoms with E-state index >= 15 is 0 Å². The maximum Gasteiger partial charge on any atom is 0.319 e. The molecule has 0 bridgehead atoms. The van der Waals surface area contributed by atoms with Gasteiger partial charge >= 0.3 is 6.03 Å². The Bertz CT molecular complexity index is 1010. The molecule has 1 aliphatic heterocycles. The van der Waals surface area contributed by atoms with Crippen molar-refractivity contribution in [3.05, 3.63) is 64.7 Å². The number of amides is 2. The quantitative estimate of drug-likeness (QED) is 0.724. The Balaban J connectivity index is 1.96. The number of sulfonamides is 1. The van der Waals surface area contributed by atoms with E-state index in [1.807, 2.05) is 56.3 Å². The summed E-state index contributed by atoms with van der Waals surface area (Å²) < 4.78 is 32.4. The number of hydrogen-bond acceptors (Lipinski definition) is 4. The molecule has 1 unspecified atom stereocenters. The number of aryl methyl sites for hydroxylation is 2. The Morgan fingerprint density at radius 2 is 1.83 bits per heavy atom. The van der Waals surface area contributed by atoms with Crippen LogP contribution in [-0.2, 0) is 22.1 Å².